The highest BCUT2D eigenvalue weighted by Gasteiger charge is 2.23. The average molecular weight is 333 g/mol. The summed E-state index contributed by atoms with van der Waals surface area (Å²) in [6.45, 7) is 2.85. The lowest BCUT2D eigenvalue weighted by atomic mass is 10.2. The fourth-order valence-corrected chi connectivity index (χ4v) is 2.57. The molecule has 0 saturated carbocycles. The smallest absolute Gasteiger partial charge is 0.410 e. The van der Waals surface area contributed by atoms with Crippen molar-refractivity contribution in [1.82, 2.24) is 14.9 Å². The monoisotopic (exact) mass is 332 g/mol. The van der Waals surface area contributed by atoms with Gasteiger partial charge >= 0.3 is 6.09 Å². The Morgan fingerprint density at radius 2 is 1.87 bits per heavy atom. The summed E-state index contributed by atoms with van der Waals surface area (Å²) in [5.41, 5.74) is 0.982. The molecule has 0 aliphatic carbocycles. The number of halogens is 1. The van der Waals surface area contributed by atoms with Crippen molar-refractivity contribution in [1.29, 1.82) is 0 Å². The molecule has 0 bridgehead atoms. The number of ether oxygens (including phenoxy) is 1. The van der Waals surface area contributed by atoms with Crippen LogP contribution >= 0.6 is 11.6 Å². The molecule has 7 heteroatoms. The molecule has 1 aromatic heterocycles. The van der Waals surface area contributed by atoms with Crippen LogP contribution in [0, 0.1) is 0 Å². The van der Waals surface area contributed by atoms with Gasteiger partial charge in [-0.1, -0.05) is 41.9 Å². The zero-order valence-electron chi connectivity index (χ0n) is 12.6. The number of carbonyl (C=O) groups excluding carboxylic acids is 1. The molecule has 0 atom stereocenters. The van der Waals surface area contributed by atoms with Crippen molar-refractivity contribution in [2.75, 3.05) is 31.1 Å². The zero-order valence-corrected chi connectivity index (χ0v) is 13.3. The highest BCUT2D eigenvalue weighted by Crippen LogP contribution is 2.16. The van der Waals surface area contributed by atoms with Crippen molar-refractivity contribution in [2.24, 2.45) is 0 Å². The molecule has 3 rings (SSSR count). The van der Waals surface area contributed by atoms with Gasteiger partial charge in [0.05, 0.1) is 0 Å². The van der Waals surface area contributed by atoms with E-state index in [-0.39, 0.29) is 6.09 Å². The number of rotatable bonds is 3. The van der Waals surface area contributed by atoms with Gasteiger partial charge in [0.2, 0.25) is 0 Å². The fraction of sp³-hybridized carbons (Fsp3) is 0.312. The lowest BCUT2D eigenvalue weighted by Gasteiger charge is -2.34. The van der Waals surface area contributed by atoms with Crippen LogP contribution in [-0.2, 0) is 11.3 Å². The third kappa shape index (κ3) is 4.10. The maximum absolute atomic E-state index is 12.1. The number of amides is 1. The van der Waals surface area contributed by atoms with E-state index in [9.17, 15) is 4.79 Å². The lowest BCUT2D eigenvalue weighted by Crippen LogP contribution is -2.49. The van der Waals surface area contributed by atoms with Crippen molar-refractivity contribution >= 4 is 23.5 Å². The van der Waals surface area contributed by atoms with Gasteiger partial charge in [-0.2, -0.15) is 0 Å². The normalized spacial score (nSPS) is 14.7. The standard InChI is InChI=1S/C16H17ClN4O2/c17-14-10-15(19-12-18-14)20-6-8-21(9-7-20)16(22)23-11-13-4-2-1-3-5-13/h1-5,10,12H,6-9,11H2. The highest BCUT2D eigenvalue weighted by atomic mass is 35.5. The van der Waals surface area contributed by atoms with Gasteiger partial charge in [0.1, 0.15) is 23.9 Å². The number of hydrogen-bond donors (Lipinski definition) is 0. The minimum atomic E-state index is -0.283. The Morgan fingerprint density at radius 3 is 2.57 bits per heavy atom. The molecule has 1 amide bonds. The Morgan fingerprint density at radius 1 is 1.13 bits per heavy atom. The van der Waals surface area contributed by atoms with E-state index >= 15 is 0 Å². The fourth-order valence-electron chi connectivity index (χ4n) is 2.43. The van der Waals surface area contributed by atoms with Gasteiger partial charge in [-0.3, -0.25) is 0 Å². The van der Waals surface area contributed by atoms with Crippen molar-refractivity contribution < 1.29 is 9.53 Å². The van der Waals surface area contributed by atoms with Gasteiger partial charge in [-0.25, -0.2) is 14.8 Å². The van der Waals surface area contributed by atoms with E-state index in [1.807, 2.05) is 30.3 Å². The van der Waals surface area contributed by atoms with Gasteiger partial charge < -0.3 is 14.5 Å². The molecular weight excluding hydrogens is 316 g/mol. The third-order valence-electron chi connectivity index (χ3n) is 3.69. The first-order valence-corrected chi connectivity index (χ1v) is 7.78. The number of benzene rings is 1. The number of nitrogens with zero attached hydrogens (tertiary/aromatic N) is 4. The average Bonchev–Trinajstić information content (AvgIpc) is 2.61. The summed E-state index contributed by atoms with van der Waals surface area (Å²) < 4.78 is 5.35. The molecule has 0 radical (unpaired) electrons. The van der Waals surface area contributed by atoms with Gasteiger partial charge in [0.25, 0.3) is 0 Å². The predicted octanol–water partition coefficient (Wildman–Crippen LogP) is 2.59. The van der Waals surface area contributed by atoms with Gasteiger partial charge in [0, 0.05) is 32.2 Å². The van der Waals surface area contributed by atoms with Crippen LogP contribution < -0.4 is 4.90 Å². The maximum Gasteiger partial charge on any atom is 0.410 e. The number of hydrogen-bond acceptors (Lipinski definition) is 5. The minimum absolute atomic E-state index is 0.283. The predicted molar refractivity (Wildman–Crippen MR) is 87.5 cm³/mol. The largest absolute Gasteiger partial charge is 0.445 e. The Hall–Kier alpha value is -2.34. The van der Waals surface area contributed by atoms with Crippen LogP contribution in [0.25, 0.3) is 0 Å². The van der Waals surface area contributed by atoms with Crippen LogP contribution in [0.3, 0.4) is 0 Å². The second kappa shape index (κ2) is 7.28. The SMILES string of the molecule is O=C(OCc1ccccc1)N1CCN(c2cc(Cl)ncn2)CC1. The summed E-state index contributed by atoms with van der Waals surface area (Å²) >= 11 is 5.88. The maximum atomic E-state index is 12.1. The number of carbonyl (C=O) groups is 1. The van der Waals surface area contributed by atoms with E-state index < -0.39 is 0 Å². The van der Waals surface area contributed by atoms with E-state index in [0.717, 1.165) is 11.4 Å². The molecule has 1 fully saturated rings. The number of anilines is 1. The molecule has 6 nitrogen and oxygen atoms in total. The molecule has 0 spiro atoms. The van der Waals surface area contributed by atoms with Gasteiger partial charge in [-0.05, 0) is 5.56 Å². The Labute approximate surface area is 139 Å². The summed E-state index contributed by atoms with van der Waals surface area (Å²) in [6.07, 6.45) is 1.16. The summed E-state index contributed by atoms with van der Waals surface area (Å²) in [6, 6.07) is 11.4. The van der Waals surface area contributed by atoms with Crippen molar-refractivity contribution in [2.45, 2.75) is 6.61 Å². The summed E-state index contributed by atoms with van der Waals surface area (Å²) in [4.78, 5) is 24.0. The zero-order chi connectivity index (χ0) is 16.1. The van der Waals surface area contributed by atoms with E-state index in [2.05, 4.69) is 14.9 Å². The molecule has 1 saturated heterocycles. The van der Waals surface area contributed by atoms with Gasteiger partial charge in [0.15, 0.2) is 0 Å². The van der Waals surface area contributed by atoms with E-state index in [1.165, 1.54) is 6.33 Å². The minimum Gasteiger partial charge on any atom is -0.445 e. The molecule has 1 aromatic carbocycles. The first-order chi connectivity index (χ1) is 11.2. The first-order valence-electron chi connectivity index (χ1n) is 7.40. The van der Waals surface area contributed by atoms with E-state index in [4.69, 9.17) is 16.3 Å². The topological polar surface area (TPSA) is 58.6 Å². The highest BCUT2D eigenvalue weighted by molar-refractivity contribution is 6.29. The first kappa shape index (κ1) is 15.6. The Kier molecular flexibility index (Phi) is 4.92. The molecule has 2 aromatic rings. The van der Waals surface area contributed by atoms with Crippen LogP contribution in [0.2, 0.25) is 5.15 Å². The van der Waals surface area contributed by atoms with E-state index in [1.54, 1.807) is 11.0 Å². The van der Waals surface area contributed by atoms with Crippen LogP contribution in [0.4, 0.5) is 10.6 Å². The molecule has 1 aliphatic heterocycles. The molecule has 0 unspecified atom stereocenters. The molecule has 23 heavy (non-hydrogen) atoms. The van der Waals surface area contributed by atoms with Crippen molar-refractivity contribution in [3.8, 4) is 0 Å². The summed E-state index contributed by atoms with van der Waals surface area (Å²) in [5.74, 6) is 0.780. The van der Waals surface area contributed by atoms with Gasteiger partial charge in [-0.15, -0.1) is 0 Å². The summed E-state index contributed by atoms with van der Waals surface area (Å²) in [7, 11) is 0. The second-order valence-corrected chi connectivity index (χ2v) is 5.60. The van der Waals surface area contributed by atoms with Crippen LogP contribution in [0.15, 0.2) is 42.7 Å². The second-order valence-electron chi connectivity index (χ2n) is 5.21. The quantitative estimate of drug-likeness (QED) is 0.809. The van der Waals surface area contributed by atoms with Crippen molar-refractivity contribution in [3.05, 3.63) is 53.4 Å². The molecule has 120 valence electrons. The molecule has 1 aliphatic rings. The van der Waals surface area contributed by atoms with E-state index in [0.29, 0.717) is 37.9 Å². The summed E-state index contributed by atoms with van der Waals surface area (Å²) in [5, 5.41) is 0.416. The number of piperazine rings is 1. The number of aromatic nitrogens is 2. The van der Waals surface area contributed by atoms with Crippen LogP contribution in [0.5, 0.6) is 0 Å². The Bertz CT molecular complexity index is 660. The molecule has 0 N–H and O–H groups in total. The lowest BCUT2D eigenvalue weighted by molar-refractivity contribution is 0.0941. The molecular formula is C16H17ClN4O2. The van der Waals surface area contributed by atoms with Crippen LogP contribution in [0.1, 0.15) is 5.56 Å². The van der Waals surface area contributed by atoms with Crippen molar-refractivity contribution in [3.63, 3.8) is 0 Å². The third-order valence-corrected chi connectivity index (χ3v) is 3.89. The molecule has 2 heterocycles. The van der Waals surface area contributed by atoms with Crippen LogP contribution in [-0.4, -0.2) is 47.1 Å². The Balaban J connectivity index is 1.49.